The molecule has 26 heavy (non-hydrogen) atoms. The van der Waals surface area contributed by atoms with Gasteiger partial charge in [-0.05, 0) is 24.6 Å². The van der Waals surface area contributed by atoms with Crippen LogP contribution in [0.25, 0.3) is 0 Å². The summed E-state index contributed by atoms with van der Waals surface area (Å²) in [6, 6.07) is 7.14. The molecule has 1 heterocycles. The highest BCUT2D eigenvalue weighted by Crippen LogP contribution is 2.06. The first-order chi connectivity index (χ1) is 12.0. The van der Waals surface area contributed by atoms with Crippen LogP contribution in [0.15, 0.2) is 29.3 Å². The van der Waals surface area contributed by atoms with Crippen molar-refractivity contribution in [3.63, 3.8) is 0 Å². The summed E-state index contributed by atoms with van der Waals surface area (Å²) < 4.78 is 5.02. The number of primary amides is 1. The van der Waals surface area contributed by atoms with Crippen LogP contribution in [0.3, 0.4) is 0 Å². The first-order valence-electron chi connectivity index (χ1n) is 8.31. The molecule has 1 aromatic rings. The number of benzene rings is 1. The molecule has 0 bridgehead atoms. The molecule has 1 saturated heterocycles. The zero-order valence-electron chi connectivity index (χ0n) is 15.1. The molecule has 3 N–H and O–H groups in total. The molecule has 9 heteroatoms. The SMILES string of the molecule is CCOC(=O)N1CCN(C(=NC)NCc2ccc(C(N)=O)cc2)CC1.I. The lowest BCUT2D eigenvalue weighted by Crippen LogP contribution is -2.53. The van der Waals surface area contributed by atoms with Crippen molar-refractivity contribution in [1.82, 2.24) is 15.1 Å². The number of nitrogens with two attached hydrogens (primary N) is 1. The van der Waals surface area contributed by atoms with E-state index in [-0.39, 0.29) is 30.1 Å². The van der Waals surface area contributed by atoms with Crippen molar-refractivity contribution in [3.8, 4) is 0 Å². The number of hydrogen-bond acceptors (Lipinski definition) is 4. The summed E-state index contributed by atoms with van der Waals surface area (Å²) in [5, 5.41) is 3.30. The van der Waals surface area contributed by atoms with E-state index in [2.05, 4.69) is 15.2 Å². The predicted octanol–water partition coefficient (Wildman–Crippen LogP) is 1.25. The molecule has 0 unspecified atom stereocenters. The minimum Gasteiger partial charge on any atom is -0.450 e. The third-order valence-corrected chi connectivity index (χ3v) is 4.01. The number of carbonyl (C=O) groups is 2. The minimum atomic E-state index is -0.435. The number of guanidine groups is 1. The Hall–Kier alpha value is -2.04. The molecule has 2 rings (SSSR count). The smallest absolute Gasteiger partial charge is 0.409 e. The van der Waals surface area contributed by atoms with Crippen LogP contribution in [0.5, 0.6) is 0 Å². The number of hydrogen-bond donors (Lipinski definition) is 2. The van der Waals surface area contributed by atoms with Gasteiger partial charge in [-0.25, -0.2) is 4.79 Å². The average Bonchev–Trinajstić information content (AvgIpc) is 2.63. The molecule has 0 atom stereocenters. The number of piperazine rings is 1. The molecule has 144 valence electrons. The van der Waals surface area contributed by atoms with E-state index in [1.165, 1.54) is 0 Å². The molecule has 1 aliphatic heterocycles. The molecule has 0 saturated carbocycles. The second-order valence-electron chi connectivity index (χ2n) is 5.63. The van der Waals surface area contributed by atoms with Crippen LogP contribution >= 0.6 is 24.0 Å². The fraction of sp³-hybridized carbons (Fsp3) is 0.471. The monoisotopic (exact) mass is 475 g/mol. The molecule has 0 radical (unpaired) electrons. The van der Waals surface area contributed by atoms with Crippen molar-refractivity contribution in [3.05, 3.63) is 35.4 Å². The zero-order chi connectivity index (χ0) is 18.2. The topological polar surface area (TPSA) is 100 Å². The van der Waals surface area contributed by atoms with Crippen molar-refractivity contribution in [2.45, 2.75) is 13.5 Å². The van der Waals surface area contributed by atoms with Gasteiger partial charge in [0.2, 0.25) is 5.91 Å². The molecule has 1 aromatic carbocycles. The van der Waals surface area contributed by atoms with E-state index in [1.54, 1.807) is 31.0 Å². The molecule has 8 nitrogen and oxygen atoms in total. The van der Waals surface area contributed by atoms with Crippen LogP contribution in [0.4, 0.5) is 4.79 Å². The van der Waals surface area contributed by atoms with Gasteiger partial charge in [0.15, 0.2) is 5.96 Å². The van der Waals surface area contributed by atoms with Crippen molar-refractivity contribution >= 4 is 41.9 Å². The highest BCUT2D eigenvalue weighted by Gasteiger charge is 2.23. The van der Waals surface area contributed by atoms with Gasteiger partial charge in [0.25, 0.3) is 0 Å². The standard InChI is InChI=1S/C17H25N5O3.HI/c1-3-25-17(24)22-10-8-21(9-11-22)16(19-2)20-12-13-4-6-14(7-5-13)15(18)23;/h4-7H,3,8-12H2,1-2H3,(H2,18,23)(H,19,20);1H. The number of aliphatic imine (C=N–C) groups is 1. The minimum absolute atomic E-state index is 0. The Morgan fingerprint density at radius 1 is 1.15 bits per heavy atom. The fourth-order valence-electron chi connectivity index (χ4n) is 2.62. The summed E-state index contributed by atoms with van der Waals surface area (Å²) in [4.78, 5) is 30.9. The van der Waals surface area contributed by atoms with E-state index < -0.39 is 5.91 Å². The molecular formula is C17H26IN5O3. The second kappa shape index (κ2) is 10.8. The van der Waals surface area contributed by atoms with E-state index in [9.17, 15) is 9.59 Å². The summed E-state index contributed by atoms with van der Waals surface area (Å²) in [7, 11) is 1.73. The van der Waals surface area contributed by atoms with Crippen LogP contribution < -0.4 is 11.1 Å². The van der Waals surface area contributed by atoms with Crippen LogP contribution in [0, 0.1) is 0 Å². The third kappa shape index (κ3) is 6.04. The Labute approximate surface area is 170 Å². The number of carbonyl (C=O) groups excluding carboxylic acids is 2. The van der Waals surface area contributed by atoms with Gasteiger partial charge in [-0.15, -0.1) is 24.0 Å². The van der Waals surface area contributed by atoms with Crippen molar-refractivity contribution in [2.24, 2.45) is 10.7 Å². The van der Waals surface area contributed by atoms with Gasteiger partial charge in [-0.2, -0.15) is 0 Å². The number of ether oxygens (including phenoxy) is 1. The molecule has 1 fully saturated rings. The number of nitrogens with one attached hydrogen (secondary N) is 1. The Bertz CT molecular complexity index is 628. The molecule has 0 aromatic heterocycles. The van der Waals surface area contributed by atoms with Crippen LogP contribution in [-0.4, -0.2) is 67.6 Å². The maximum atomic E-state index is 11.7. The highest BCUT2D eigenvalue weighted by atomic mass is 127. The Morgan fingerprint density at radius 2 is 1.73 bits per heavy atom. The normalized spacial score (nSPS) is 14.5. The summed E-state index contributed by atoms with van der Waals surface area (Å²) in [5.41, 5.74) is 6.75. The fourth-order valence-corrected chi connectivity index (χ4v) is 2.62. The van der Waals surface area contributed by atoms with Gasteiger partial charge in [0, 0.05) is 45.3 Å². The average molecular weight is 475 g/mol. The summed E-state index contributed by atoms with van der Waals surface area (Å²) >= 11 is 0. The van der Waals surface area contributed by atoms with Gasteiger partial charge in [0.05, 0.1) is 6.61 Å². The van der Waals surface area contributed by atoms with Gasteiger partial charge in [-0.1, -0.05) is 12.1 Å². The lowest BCUT2D eigenvalue weighted by atomic mass is 10.1. The first kappa shape index (κ1) is 22.0. The summed E-state index contributed by atoms with van der Waals surface area (Å²) in [6.45, 7) is 5.37. The Balaban J connectivity index is 0.00000338. The molecule has 0 aliphatic carbocycles. The molecule has 1 aliphatic rings. The van der Waals surface area contributed by atoms with E-state index in [1.807, 2.05) is 12.1 Å². The maximum Gasteiger partial charge on any atom is 0.409 e. The quantitative estimate of drug-likeness (QED) is 0.388. The Kier molecular flexibility index (Phi) is 9.17. The first-order valence-corrected chi connectivity index (χ1v) is 8.31. The maximum absolute atomic E-state index is 11.7. The van der Waals surface area contributed by atoms with Gasteiger partial charge >= 0.3 is 6.09 Å². The predicted molar refractivity (Wildman–Crippen MR) is 111 cm³/mol. The lowest BCUT2D eigenvalue weighted by Gasteiger charge is -2.35. The molecule has 2 amide bonds. The summed E-state index contributed by atoms with van der Waals surface area (Å²) in [6.07, 6.45) is -0.264. The Morgan fingerprint density at radius 3 is 2.23 bits per heavy atom. The van der Waals surface area contributed by atoms with Gasteiger partial charge < -0.3 is 25.6 Å². The van der Waals surface area contributed by atoms with Crippen molar-refractivity contribution in [2.75, 3.05) is 39.8 Å². The van der Waals surface area contributed by atoms with Crippen LogP contribution in [0.2, 0.25) is 0 Å². The van der Waals surface area contributed by atoms with Crippen molar-refractivity contribution < 1.29 is 14.3 Å². The third-order valence-electron chi connectivity index (χ3n) is 4.01. The number of nitrogens with zero attached hydrogens (tertiary/aromatic N) is 3. The van der Waals surface area contributed by atoms with E-state index >= 15 is 0 Å². The number of amides is 2. The zero-order valence-corrected chi connectivity index (χ0v) is 17.4. The number of rotatable bonds is 4. The van der Waals surface area contributed by atoms with E-state index in [0.29, 0.717) is 44.9 Å². The lowest BCUT2D eigenvalue weighted by molar-refractivity contribution is 0.0914. The van der Waals surface area contributed by atoms with Crippen molar-refractivity contribution in [1.29, 1.82) is 0 Å². The van der Waals surface area contributed by atoms with Gasteiger partial charge in [-0.3, -0.25) is 9.79 Å². The number of halogens is 1. The molecule has 0 spiro atoms. The second-order valence-corrected chi connectivity index (χ2v) is 5.63. The van der Waals surface area contributed by atoms with Gasteiger partial charge in [0.1, 0.15) is 0 Å². The summed E-state index contributed by atoms with van der Waals surface area (Å²) in [5.74, 6) is 0.345. The van der Waals surface area contributed by atoms with E-state index in [4.69, 9.17) is 10.5 Å². The highest BCUT2D eigenvalue weighted by molar-refractivity contribution is 14.0. The van der Waals surface area contributed by atoms with Crippen LogP contribution in [-0.2, 0) is 11.3 Å². The molecular weight excluding hydrogens is 449 g/mol. The van der Waals surface area contributed by atoms with Crippen LogP contribution in [0.1, 0.15) is 22.8 Å². The van der Waals surface area contributed by atoms with E-state index in [0.717, 1.165) is 11.5 Å². The largest absolute Gasteiger partial charge is 0.450 e.